The Balaban J connectivity index is 1.25. The second-order valence-corrected chi connectivity index (χ2v) is 17.4. The predicted molar refractivity (Wildman–Crippen MR) is 196 cm³/mol. The molecular weight excluding hydrogens is 596 g/mol. The molecule has 276 valence electrons. The third kappa shape index (κ3) is 9.87. The number of carbonyl (C=O) groups excluding carboxylic acids is 2. The van der Waals surface area contributed by atoms with Gasteiger partial charge in [0, 0.05) is 45.3 Å². The molecule has 3 fully saturated rings. The van der Waals surface area contributed by atoms with Crippen LogP contribution in [0.4, 0.5) is 0 Å². The molecule has 0 unspecified atom stereocenters. The van der Waals surface area contributed by atoms with Crippen LogP contribution in [0.3, 0.4) is 0 Å². The van der Waals surface area contributed by atoms with Crippen LogP contribution < -0.4 is 16.8 Å². The average Bonchev–Trinajstić information content (AvgIpc) is 3.42. The lowest BCUT2D eigenvalue weighted by atomic mass is 9.47. The largest absolute Gasteiger partial charge is 0.462 e. The second-order valence-electron chi connectivity index (χ2n) is 17.4. The predicted octanol–water partition coefficient (Wildman–Crippen LogP) is 6.18. The van der Waals surface area contributed by atoms with Gasteiger partial charge in [0.2, 0.25) is 5.91 Å². The molecule has 4 rings (SSSR count). The maximum absolute atomic E-state index is 13.1. The Morgan fingerprint density at radius 1 is 0.896 bits per heavy atom. The molecule has 1 amide bonds. The number of esters is 1. The molecule has 7 N–H and O–H groups in total. The van der Waals surface area contributed by atoms with E-state index in [0.29, 0.717) is 5.41 Å². The van der Waals surface area contributed by atoms with Gasteiger partial charge in [-0.1, -0.05) is 65.5 Å². The van der Waals surface area contributed by atoms with Crippen LogP contribution in [0.2, 0.25) is 0 Å². The molecule has 0 heterocycles. The first-order valence-electron chi connectivity index (χ1n) is 20.5. The summed E-state index contributed by atoms with van der Waals surface area (Å²) >= 11 is 0. The Morgan fingerprint density at radius 3 is 2.40 bits per heavy atom. The first kappa shape index (κ1) is 39.3. The Bertz CT molecular complexity index is 1050. The molecule has 48 heavy (non-hydrogen) atoms. The Labute approximate surface area is 294 Å². The van der Waals surface area contributed by atoms with Gasteiger partial charge in [-0.3, -0.25) is 9.59 Å². The molecule has 0 aromatic heterocycles. The van der Waals surface area contributed by atoms with E-state index in [0.717, 1.165) is 120 Å². The fourth-order valence-corrected chi connectivity index (χ4v) is 11.0. The van der Waals surface area contributed by atoms with Gasteiger partial charge in [0.1, 0.15) is 6.10 Å². The number of carbonyl (C=O) groups is 2. The number of ether oxygens (including phenoxy) is 1. The highest BCUT2D eigenvalue weighted by molar-refractivity contribution is 5.81. The van der Waals surface area contributed by atoms with E-state index in [1.807, 2.05) is 4.90 Å². The van der Waals surface area contributed by atoms with E-state index in [9.17, 15) is 9.59 Å². The number of nitrogens with zero attached hydrogens (tertiary/aromatic N) is 1. The first-order chi connectivity index (χ1) is 23.0. The van der Waals surface area contributed by atoms with Gasteiger partial charge in [-0.15, -0.1) is 0 Å². The highest BCUT2D eigenvalue weighted by Crippen LogP contribution is 2.67. The van der Waals surface area contributed by atoms with Crippen LogP contribution >= 0.6 is 0 Å². The van der Waals surface area contributed by atoms with Gasteiger partial charge in [0.05, 0.1) is 19.5 Å². The van der Waals surface area contributed by atoms with Crippen molar-refractivity contribution in [2.45, 2.75) is 150 Å². The van der Waals surface area contributed by atoms with Crippen molar-refractivity contribution in [3.63, 3.8) is 0 Å². The Hall–Kier alpha value is -1.44. The smallest absolute Gasteiger partial charge is 0.306 e. The minimum atomic E-state index is -0.203. The highest BCUT2D eigenvalue weighted by Gasteiger charge is 2.59. The summed E-state index contributed by atoms with van der Waals surface area (Å²) < 4.78 is 6.08. The Morgan fingerprint density at radius 2 is 1.65 bits per heavy atom. The maximum Gasteiger partial charge on any atom is 0.306 e. The number of hydrogen-bond acceptors (Lipinski definition) is 4. The molecule has 0 bridgehead atoms. The quantitative estimate of drug-likeness (QED) is 0.0814. The second kappa shape index (κ2) is 18.7. The lowest BCUT2D eigenvalue weighted by molar-refractivity contribution is -0.368. The van der Waals surface area contributed by atoms with E-state index in [1.165, 1.54) is 51.4 Å². The molecule has 0 aliphatic heterocycles. The molecule has 7 nitrogen and oxygen atoms in total. The number of nitrogens with one attached hydrogen (secondary N) is 1. The maximum atomic E-state index is 13.1. The summed E-state index contributed by atoms with van der Waals surface area (Å²) in [5.74, 6) is 4.88. The molecule has 4 aliphatic carbocycles. The molecule has 0 spiro atoms. The summed E-state index contributed by atoms with van der Waals surface area (Å²) in [4.78, 5) is 28.1. The van der Waals surface area contributed by atoms with E-state index in [-0.39, 0.29) is 36.2 Å². The number of amides is 1. The standard InChI is InChI=1S/C41H74N4O3/c1-30(2)11-8-12-31(3)35-15-16-36-34-14-13-32-29-33(19-21-40(32,4)37(34)20-22-41(35,36)5)48-39(47)18-17-38(46)45(28-10-24-43)27-7-6-25-44-26-9-23-42/h13,30-31,33-37,44H,6-12,14-29,42-43H2,1-5H3/p+2/t31-,33+,34+,35-,36+,37+,40+,41-/m1/s1. The number of allylic oxidation sites excluding steroid dienone is 1. The van der Waals surface area contributed by atoms with Crippen LogP contribution in [-0.2, 0) is 14.3 Å². The third-order valence-electron chi connectivity index (χ3n) is 13.8. The van der Waals surface area contributed by atoms with Gasteiger partial charge in [-0.2, -0.15) is 0 Å². The van der Waals surface area contributed by atoms with Crippen LogP contribution in [0.25, 0.3) is 0 Å². The van der Waals surface area contributed by atoms with E-state index < -0.39 is 0 Å². The summed E-state index contributed by atoms with van der Waals surface area (Å²) in [5.41, 5.74) is 10.2. The molecule has 8 atom stereocenters. The number of fused-ring (bicyclic) bond motifs is 5. The summed E-state index contributed by atoms with van der Waals surface area (Å²) in [6.45, 7) is 17.7. The van der Waals surface area contributed by atoms with E-state index in [4.69, 9.17) is 4.74 Å². The molecule has 7 heteroatoms. The van der Waals surface area contributed by atoms with Crippen LogP contribution in [0.5, 0.6) is 0 Å². The van der Waals surface area contributed by atoms with E-state index in [2.05, 4.69) is 57.5 Å². The SMILES string of the molecule is CC(C)CCC[C@@H](C)[C@H]1CC[C@H]2[C@@H]3CC=C4C[C@@H](OC(=O)CCC(=O)N(CCC[NH3+])CCCCNCCC[NH3+])CC[C@]4(C)[C@H]3CC[C@]12C. The zero-order valence-corrected chi connectivity index (χ0v) is 32.0. The molecule has 0 aromatic carbocycles. The molecule has 0 aromatic rings. The number of unbranched alkanes of at least 4 members (excludes halogenated alkanes) is 1. The lowest BCUT2D eigenvalue weighted by Gasteiger charge is -2.58. The van der Waals surface area contributed by atoms with Crippen molar-refractivity contribution in [1.29, 1.82) is 0 Å². The van der Waals surface area contributed by atoms with Gasteiger partial charge in [-0.05, 0) is 111 Å². The minimum Gasteiger partial charge on any atom is -0.462 e. The molecule has 0 radical (unpaired) electrons. The van der Waals surface area contributed by atoms with Gasteiger partial charge < -0.3 is 26.4 Å². The lowest BCUT2D eigenvalue weighted by Crippen LogP contribution is -2.51. The van der Waals surface area contributed by atoms with Crippen molar-refractivity contribution in [2.75, 3.05) is 39.3 Å². The summed E-state index contributed by atoms with van der Waals surface area (Å²) in [7, 11) is 0. The summed E-state index contributed by atoms with van der Waals surface area (Å²) in [6, 6.07) is 0. The molecule has 0 saturated heterocycles. The van der Waals surface area contributed by atoms with Crippen LogP contribution in [-0.4, -0.2) is 62.1 Å². The average molecular weight is 673 g/mol. The molecular formula is C41H76N4O3+2. The minimum absolute atomic E-state index is 0.0434. The van der Waals surface area contributed by atoms with Crippen molar-refractivity contribution in [3.05, 3.63) is 11.6 Å². The van der Waals surface area contributed by atoms with Gasteiger partial charge in [0.25, 0.3) is 0 Å². The van der Waals surface area contributed by atoms with Crippen molar-refractivity contribution in [1.82, 2.24) is 10.2 Å². The fraction of sp³-hybridized carbons (Fsp3) is 0.902. The molecule has 3 saturated carbocycles. The summed E-state index contributed by atoms with van der Waals surface area (Å²) in [5, 5.41) is 3.45. The zero-order valence-electron chi connectivity index (χ0n) is 32.0. The van der Waals surface area contributed by atoms with Crippen LogP contribution in [0.1, 0.15) is 144 Å². The zero-order chi connectivity index (χ0) is 34.7. The van der Waals surface area contributed by atoms with Gasteiger partial charge in [0.15, 0.2) is 0 Å². The van der Waals surface area contributed by atoms with Crippen LogP contribution in [0, 0.1) is 46.3 Å². The number of quaternary nitrogens is 2. The number of hydrogen-bond donors (Lipinski definition) is 3. The third-order valence-corrected chi connectivity index (χ3v) is 13.8. The monoisotopic (exact) mass is 673 g/mol. The normalized spacial score (nSPS) is 31.8. The van der Waals surface area contributed by atoms with Gasteiger partial charge in [-0.25, -0.2) is 0 Å². The van der Waals surface area contributed by atoms with Crippen molar-refractivity contribution in [2.24, 2.45) is 46.3 Å². The fourth-order valence-electron chi connectivity index (χ4n) is 11.0. The van der Waals surface area contributed by atoms with Crippen molar-refractivity contribution < 1.29 is 25.8 Å². The topological polar surface area (TPSA) is 114 Å². The van der Waals surface area contributed by atoms with E-state index >= 15 is 0 Å². The van der Waals surface area contributed by atoms with Gasteiger partial charge >= 0.3 is 5.97 Å². The van der Waals surface area contributed by atoms with E-state index in [1.54, 1.807) is 5.57 Å². The van der Waals surface area contributed by atoms with Crippen molar-refractivity contribution >= 4 is 11.9 Å². The molecule has 4 aliphatic rings. The van der Waals surface area contributed by atoms with Crippen LogP contribution in [0.15, 0.2) is 11.6 Å². The highest BCUT2D eigenvalue weighted by atomic mass is 16.5. The van der Waals surface area contributed by atoms with Crippen molar-refractivity contribution in [3.8, 4) is 0 Å². The number of rotatable bonds is 20. The Kier molecular flexibility index (Phi) is 15.3. The first-order valence-corrected chi connectivity index (χ1v) is 20.5. The summed E-state index contributed by atoms with van der Waals surface area (Å²) in [6.07, 6.45) is 20.9.